The van der Waals surface area contributed by atoms with E-state index in [-0.39, 0.29) is 18.6 Å². The molecule has 0 bridgehead atoms. The minimum atomic E-state index is -0.511. The molecular weight excluding hydrogens is 296 g/mol. The summed E-state index contributed by atoms with van der Waals surface area (Å²) in [6.45, 7) is 4.47. The molecular formula is C13H17BrN2O2. The van der Waals surface area contributed by atoms with Gasteiger partial charge in [0.1, 0.15) is 6.04 Å². The topological polar surface area (TPSA) is 52.6 Å². The van der Waals surface area contributed by atoms with Crippen LogP contribution in [0.15, 0.2) is 22.7 Å². The normalized spacial score (nSPS) is 24.0. The Labute approximate surface area is 115 Å². The summed E-state index contributed by atoms with van der Waals surface area (Å²) < 4.78 is 1.01. The number of aliphatic hydroxyl groups excluding tert-OH is 1. The van der Waals surface area contributed by atoms with Crippen molar-refractivity contribution in [3.8, 4) is 0 Å². The van der Waals surface area contributed by atoms with E-state index in [1.807, 2.05) is 36.9 Å². The maximum Gasteiger partial charge on any atom is 0.245 e. The van der Waals surface area contributed by atoms with E-state index < -0.39 is 6.04 Å². The number of piperazine rings is 1. The van der Waals surface area contributed by atoms with Crippen molar-refractivity contribution in [1.82, 2.24) is 5.32 Å². The molecule has 2 unspecified atom stereocenters. The third-order valence-corrected chi connectivity index (χ3v) is 4.17. The van der Waals surface area contributed by atoms with Gasteiger partial charge in [0.05, 0.1) is 6.61 Å². The van der Waals surface area contributed by atoms with Crippen molar-refractivity contribution < 1.29 is 9.90 Å². The van der Waals surface area contributed by atoms with Crippen molar-refractivity contribution >= 4 is 27.5 Å². The number of nitrogens with one attached hydrogen (secondary N) is 1. The van der Waals surface area contributed by atoms with Gasteiger partial charge in [0.25, 0.3) is 0 Å². The van der Waals surface area contributed by atoms with Crippen LogP contribution in [0.25, 0.3) is 0 Å². The molecule has 5 heteroatoms. The first kappa shape index (κ1) is 13.4. The molecule has 0 aromatic heterocycles. The Morgan fingerprint density at radius 1 is 1.56 bits per heavy atom. The first-order valence-electron chi connectivity index (χ1n) is 5.97. The number of carbonyl (C=O) groups is 1. The van der Waals surface area contributed by atoms with Crippen molar-refractivity contribution in [3.63, 3.8) is 0 Å². The molecule has 0 saturated carbocycles. The number of halogens is 1. The lowest BCUT2D eigenvalue weighted by atomic mass is 10.1. The van der Waals surface area contributed by atoms with Gasteiger partial charge in [0, 0.05) is 22.7 Å². The Hall–Kier alpha value is -1.07. The number of amides is 1. The van der Waals surface area contributed by atoms with Crippen LogP contribution < -0.4 is 10.2 Å². The van der Waals surface area contributed by atoms with Crippen LogP contribution >= 0.6 is 15.9 Å². The molecule has 1 fully saturated rings. The quantitative estimate of drug-likeness (QED) is 0.869. The SMILES string of the molecule is Cc1ccc(N2C(C)CNC(=O)C2CO)cc1Br. The highest BCUT2D eigenvalue weighted by Crippen LogP contribution is 2.27. The van der Waals surface area contributed by atoms with Crippen LogP contribution in [0.4, 0.5) is 5.69 Å². The average molecular weight is 313 g/mol. The monoisotopic (exact) mass is 312 g/mol. The van der Waals surface area contributed by atoms with Gasteiger partial charge in [-0.15, -0.1) is 0 Å². The summed E-state index contributed by atoms with van der Waals surface area (Å²) in [5.41, 5.74) is 2.10. The molecule has 1 aliphatic rings. The number of benzene rings is 1. The van der Waals surface area contributed by atoms with Gasteiger partial charge in [-0.25, -0.2) is 0 Å². The first-order chi connectivity index (χ1) is 8.54. The second-order valence-electron chi connectivity index (χ2n) is 4.63. The third-order valence-electron chi connectivity index (χ3n) is 3.31. The van der Waals surface area contributed by atoms with E-state index in [9.17, 15) is 9.90 Å². The molecule has 1 saturated heterocycles. The molecule has 1 amide bonds. The van der Waals surface area contributed by atoms with E-state index in [0.29, 0.717) is 6.54 Å². The Balaban J connectivity index is 2.38. The molecule has 4 nitrogen and oxygen atoms in total. The van der Waals surface area contributed by atoms with Crippen LogP contribution in [0, 0.1) is 6.92 Å². The maximum atomic E-state index is 11.8. The van der Waals surface area contributed by atoms with Gasteiger partial charge in [-0.2, -0.15) is 0 Å². The highest BCUT2D eigenvalue weighted by molar-refractivity contribution is 9.10. The minimum absolute atomic E-state index is 0.118. The molecule has 2 atom stereocenters. The van der Waals surface area contributed by atoms with Crippen LogP contribution in [0.3, 0.4) is 0 Å². The van der Waals surface area contributed by atoms with Gasteiger partial charge in [0.15, 0.2) is 0 Å². The number of nitrogens with zero attached hydrogens (tertiary/aromatic N) is 1. The summed E-state index contributed by atoms with van der Waals surface area (Å²) in [4.78, 5) is 13.8. The number of carbonyl (C=O) groups excluding carboxylic acids is 1. The van der Waals surface area contributed by atoms with E-state index in [4.69, 9.17) is 0 Å². The van der Waals surface area contributed by atoms with Gasteiger partial charge < -0.3 is 15.3 Å². The van der Waals surface area contributed by atoms with Crippen molar-refractivity contribution in [2.24, 2.45) is 0 Å². The van der Waals surface area contributed by atoms with Crippen LogP contribution in [0.2, 0.25) is 0 Å². The zero-order chi connectivity index (χ0) is 13.3. The maximum absolute atomic E-state index is 11.8. The molecule has 98 valence electrons. The van der Waals surface area contributed by atoms with Gasteiger partial charge >= 0.3 is 0 Å². The molecule has 1 aromatic rings. The summed E-state index contributed by atoms with van der Waals surface area (Å²) >= 11 is 3.50. The number of rotatable bonds is 2. The number of hydrogen-bond acceptors (Lipinski definition) is 3. The molecule has 1 aliphatic heterocycles. The fraction of sp³-hybridized carbons (Fsp3) is 0.462. The Kier molecular flexibility index (Phi) is 3.92. The van der Waals surface area contributed by atoms with E-state index in [1.54, 1.807) is 0 Å². The molecule has 0 radical (unpaired) electrons. The largest absolute Gasteiger partial charge is 0.394 e. The lowest BCUT2D eigenvalue weighted by Gasteiger charge is -2.41. The second-order valence-corrected chi connectivity index (χ2v) is 5.49. The van der Waals surface area contributed by atoms with E-state index in [2.05, 4.69) is 21.2 Å². The second kappa shape index (κ2) is 5.28. The van der Waals surface area contributed by atoms with E-state index in [0.717, 1.165) is 15.7 Å². The van der Waals surface area contributed by atoms with E-state index in [1.165, 1.54) is 0 Å². The average Bonchev–Trinajstić information content (AvgIpc) is 2.35. The van der Waals surface area contributed by atoms with Gasteiger partial charge in [0.2, 0.25) is 5.91 Å². The predicted octanol–water partition coefficient (Wildman–Crippen LogP) is 1.44. The summed E-state index contributed by atoms with van der Waals surface area (Å²) in [5.74, 6) is -0.118. The standard InChI is InChI=1S/C13H17BrN2O2/c1-8-3-4-10(5-11(8)14)16-9(2)6-15-13(18)12(16)7-17/h3-5,9,12,17H,6-7H2,1-2H3,(H,15,18). The van der Waals surface area contributed by atoms with Crippen LogP contribution in [0.5, 0.6) is 0 Å². The van der Waals surface area contributed by atoms with E-state index >= 15 is 0 Å². The Morgan fingerprint density at radius 3 is 2.89 bits per heavy atom. The molecule has 2 rings (SSSR count). The molecule has 0 spiro atoms. The van der Waals surface area contributed by atoms with Gasteiger partial charge in [-0.1, -0.05) is 22.0 Å². The molecule has 18 heavy (non-hydrogen) atoms. The summed E-state index contributed by atoms with van der Waals surface area (Å²) in [7, 11) is 0. The van der Waals surface area contributed by atoms with Gasteiger partial charge in [-0.05, 0) is 31.5 Å². The molecule has 1 heterocycles. The van der Waals surface area contributed by atoms with Crippen molar-refractivity contribution in [1.29, 1.82) is 0 Å². The Bertz CT molecular complexity index is 464. The van der Waals surface area contributed by atoms with Crippen LogP contribution in [-0.2, 0) is 4.79 Å². The number of aliphatic hydroxyl groups is 1. The molecule has 0 aliphatic carbocycles. The number of aryl methyl sites for hydroxylation is 1. The lowest BCUT2D eigenvalue weighted by molar-refractivity contribution is -0.124. The molecule has 2 N–H and O–H groups in total. The number of hydrogen-bond donors (Lipinski definition) is 2. The fourth-order valence-electron chi connectivity index (χ4n) is 2.25. The summed E-state index contributed by atoms with van der Waals surface area (Å²) in [6.07, 6.45) is 0. The fourth-order valence-corrected chi connectivity index (χ4v) is 2.61. The van der Waals surface area contributed by atoms with Gasteiger partial charge in [-0.3, -0.25) is 4.79 Å². The highest BCUT2D eigenvalue weighted by atomic mass is 79.9. The third kappa shape index (κ3) is 2.37. The van der Waals surface area contributed by atoms with Crippen molar-refractivity contribution in [3.05, 3.63) is 28.2 Å². The summed E-state index contributed by atoms with van der Waals surface area (Å²) in [6, 6.07) is 5.63. The first-order valence-corrected chi connectivity index (χ1v) is 6.77. The zero-order valence-electron chi connectivity index (χ0n) is 10.5. The smallest absolute Gasteiger partial charge is 0.245 e. The van der Waals surface area contributed by atoms with Crippen molar-refractivity contribution in [2.75, 3.05) is 18.1 Å². The van der Waals surface area contributed by atoms with Crippen LogP contribution in [-0.4, -0.2) is 36.2 Å². The lowest BCUT2D eigenvalue weighted by Crippen LogP contribution is -2.61. The highest BCUT2D eigenvalue weighted by Gasteiger charge is 2.33. The van der Waals surface area contributed by atoms with Crippen molar-refractivity contribution in [2.45, 2.75) is 25.9 Å². The Morgan fingerprint density at radius 2 is 2.28 bits per heavy atom. The van der Waals surface area contributed by atoms with Crippen LogP contribution in [0.1, 0.15) is 12.5 Å². The number of anilines is 1. The minimum Gasteiger partial charge on any atom is -0.394 e. The zero-order valence-corrected chi connectivity index (χ0v) is 12.1. The molecule has 1 aromatic carbocycles. The summed E-state index contributed by atoms with van der Waals surface area (Å²) in [5, 5.41) is 12.2. The predicted molar refractivity (Wildman–Crippen MR) is 74.7 cm³/mol.